The van der Waals surface area contributed by atoms with Gasteiger partial charge in [-0.15, -0.1) is 0 Å². The molecule has 0 saturated heterocycles. The summed E-state index contributed by atoms with van der Waals surface area (Å²) in [7, 11) is 1.31. The summed E-state index contributed by atoms with van der Waals surface area (Å²) in [6.45, 7) is 1.46. The first kappa shape index (κ1) is 16.8. The number of benzene rings is 1. The van der Waals surface area contributed by atoms with Crippen LogP contribution in [0.4, 0.5) is 18.9 Å². The molecule has 1 amide bonds. The predicted molar refractivity (Wildman–Crippen MR) is 69.1 cm³/mol. The van der Waals surface area contributed by atoms with Crippen LogP contribution in [0.3, 0.4) is 0 Å². The number of nitrogens with two attached hydrogens (primary N) is 1. The second kappa shape index (κ2) is 6.44. The van der Waals surface area contributed by atoms with Gasteiger partial charge < -0.3 is 21.0 Å². The van der Waals surface area contributed by atoms with Crippen molar-refractivity contribution in [3.05, 3.63) is 29.3 Å². The zero-order valence-corrected chi connectivity index (χ0v) is 11.2. The Morgan fingerprint density at radius 3 is 2.57 bits per heavy atom. The number of anilines is 1. The number of alkyl halides is 3. The number of amides is 1. The van der Waals surface area contributed by atoms with E-state index in [1.165, 1.54) is 14.0 Å². The molecular formula is C12H14F3N3O3. The molecule has 1 aromatic rings. The Balaban J connectivity index is 3.23. The Morgan fingerprint density at radius 2 is 2.10 bits per heavy atom. The number of hydrogen-bond acceptors (Lipinski definition) is 4. The van der Waals surface area contributed by atoms with Gasteiger partial charge in [-0.2, -0.15) is 13.2 Å². The fourth-order valence-corrected chi connectivity index (χ4v) is 1.44. The van der Waals surface area contributed by atoms with E-state index in [9.17, 15) is 18.0 Å². The monoisotopic (exact) mass is 305 g/mol. The van der Waals surface area contributed by atoms with Crippen LogP contribution in [-0.4, -0.2) is 30.2 Å². The highest BCUT2D eigenvalue weighted by Gasteiger charge is 2.31. The lowest BCUT2D eigenvalue weighted by Gasteiger charge is -2.15. The van der Waals surface area contributed by atoms with E-state index in [2.05, 4.69) is 10.5 Å². The summed E-state index contributed by atoms with van der Waals surface area (Å²) in [4.78, 5) is 11.7. The molecule has 9 heteroatoms. The molecule has 4 N–H and O–H groups in total. The second-order valence-electron chi connectivity index (χ2n) is 4.11. The number of amidine groups is 1. The molecule has 116 valence electrons. The zero-order chi connectivity index (χ0) is 16.2. The normalized spacial score (nSPS) is 13.9. The van der Waals surface area contributed by atoms with Gasteiger partial charge in [0.25, 0.3) is 5.91 Å². The molecule has 0 aliphatic rings. The van der Waals surface area contributed by atoms with Crippen molar-refractivity contribution in [2.75, 3.05) is 12.4 Å². The van der Waals surface area contributed by atoms with Crippen molar-refractivity contribution < 1.29 is 27.9 Å². The van der Waals surface area contributed by atoms with Crippen LogP contribution < -0.4 is 11.1 Å². The Bertz CT molecular complexity index is 558. The van der Waals surface area contributed by atoms with E-state index < -0.39 is 29.6 Å². The largest absolute Gasteiger partial charge is 0.416 e. The molecule has 1 unspecified atom stereocenters. The molecule has 0 aliphatic heterocycles. The summed E-state index contributed by atoms with van der Waals surface area (Å²) >= 11 is 0. The predicted octanol–water partition coefficient (Wildman–Crippen LogP) is 1.77. The first-order chi connectivity index (χ1) is 9.70. The number of hydrogen-bond donors (Lipinski definition) is 3. The molecule has 0 saturated carbocycles. The van der Waals surface area contributed by atoms with Crippen LogP contribution in [0.5, 0.6) is 0 Å². The minimum absolute atomic E-state index is 0.0211. The average Bonchev–Trinajstić information content (AvgIpc) is 2.44. The van der Waals surface area contributed by atoms with Gasteiger partial charge in [-0.1, -0.05) is 5.16 Å². The maximum absolute atomic E-state index is 12.7. The van der Waals surface area contributed by atoms with Crippen molar-refractivity contribution in [1.82, 2.24) is 0 Å². The van der Waals surface area contributed by atoms with Crippen molar-refractivity contribution in [2.24, 2.45) is 10.9 Å². The van der Waals surface area contributed by atoms with E-state index in [1.54, 1.807) is 0 Å². The van der Waals surface area contributed by atoms with Crippen LogP contribution in [-0.2, 0) is 15.7 Å². The number of halogens is 3. The molecule has 1 aromatic carbocycles. The molecule has 1 atom stereocenters. The summed E-state index contributed by atoms with van der Waals surface area (Å²) in [5.41, 5.74) is 4.09. The quantitative estimate of drug-likeness (QED) is 0.342. The fraction of sp³-hybridized carbons (Fsp3) is 0.333. The number of rotatable bonds is 4. The Morgan fingerprint density at radius 1 is 1.48 bits per heavy atom. The summed E-state index contributed by atoms with van der Waals surface area (Å²) < 4.78 is 42.8. The summed E-state index contributed by atoms with van der Waals surface area (Å²) in [5, 5.41) is 13.7. The first-order valence-electron chi connectivity index (χ1n) is 5.73. The topological polar surface area (TPSA) is 96.9 Å². The molecule has 1 rings (SSSR count). The van der Waals surface area contributed by atoms with Gasteiger partial charge >= 0.3 is 6.18 Å². The van der Waals surface area contributed by atoms with Crippen LogP contribution in [0.2, 0.25) is 0 Å². The molecule has 0 spiro atoms. The molecule has 0 bridgehead atoms. The standard InChI is InChI=1S/C12H14F3N3O3/c1-6(21-2)11(19)17-9-4-3-7(12(13,14)15)5-8(9)10(16)18-20/h3-6,20H,1-2H3,(H2,16,18)(H,17,19). The highest BCUT2D eigenvalue weighted by atomic mass is 19.4. The zero-order valence-electron chi connectivity index (χ0n) is 11.2. The minimum atomic E-state index is -4.59. The first-order valence-corrected chi connectivity index (χ1v) is 5.73. The van der Waals surface area contributed by atoms with Crippen molar-refractivity contribution in [1.29, 1.82) is 0 Å². The Labute approximate surface area is 118 Å². The van der Waals surface area contributed by atoms with Crippen LogP contribution >= 0.6 is 0 Å². The van der Waals surface area contributed by atoms with Gasteiger partial charge in [-0.25, -0.2) is 0 Å². The molecular weight excluding hydrogens is 291 g/mol. The van der Waals surface area contributed by atoms with Gasteiger partial charge in [0.15, 0.2) is 5.84 Å². The highest BCUT2D eigenvalue weighted by molar-refractivity contribution is 6.06. The molecule has 0 radical (unpaired) electrons. The summed E-state index contributed by atoms with van der Waals surface area (Å²) in [6, 6.07) is 2.49. The van der Waals surface area contributed by atoms with Crippen LogP contribution in [0.1, 0.15) is 18.1 Å². The SMILES string of the molecule is COC(C)C(=O)Nc1ccc(C(F)(F)F)cc1/C(N)=N/O. The van der Waals surface area contributed by atoms with Gasteiger partial charge in [0.2, 0.25) is 0 Å². The van der Waals surface area contributed by atoms with Crippen molar-refractivity contribution >= 4 is 17.4 Å². The Hall–Kier alpha value is -2.29. The number of nitrogens with zero attached hydrogens (tertiary/aromatic N) is 1. The maximum Gasteiger partial charge on any atom is 0.416 e. The summed E-state index contributed by atoms with van der Waals surface area (Å²) in [5.74, 6) is -1.13. The lowest BCUT2D eigenvalue weighted by Crippen LogP contribution is -2.28. The van der Waals surface area contributed by atoms with Gasteiger partial charge in [0.05, 0.1) is 11.3 Å². The summed E-state index contributed by atoms with van der Waals surface area (Å²) in [6.07, 6.45) is -5.40. The van der Waals surface area contributed by atoms with Gasteiger partial charge in [0, 0.05) is 12.7 Å². The second-order valence-corrected chi connectivity index (χ2v) is 4.11. The number of carbonyl (C=O) groups excluding carboxylic acids is 1. The van der Waals surface area contributed by atoms with E-state index in [4.69, 9.17) is 15.7 Å². The number of carbonyl (C=O) groups is 1. The van der Waals surface area contributed by atoms with Gasteiger partial charge in [-0.05, 0) is 25.1 Å². The molecule has 0 heterocycles. The number of methoxy groups -OCH3 is 1. The number of nitrogens with one attached hydrogen (secondary N) is 1. The van der Waals surface area contributed by atoms with Crippen LogP contribution in [0.15, 0.2) is 23.4 Å². The lowest BCUT2D eigenvalue weighted by atomic mass is 10.1. The number of oxime groups is 1. The van der Waals surface area contributed by atoms with Crippen molar-refractivity contribution in [3.63, 3.8) is 0 Å². The third kappa shape index (κ3) is 4.09. The minimum Gasteiger partial charge on any atom is -0.409 e. The molecule has 0 aliphatic carbocycles. The van der Waals surface area contributed by atoms with E-state index in [0.717, 1.165) is 12.1 Å². The Kier molecular flexibility index (Phi) is 5.14. The van der Waals surface area contributed by atoms with E-state index in [0.29, 0.717) is 6.07 Å². The van der Waals surface area contributed by atoms with Crippen molar-refractivity contribution in [2.45, 2.75) is 19.2 Å². The third-order valence-electron chi connectivity index (χ3n) is 2.71. The lowest BCUT2D eigenvalue weighted by molar-refractivity contribution is -0.137. The molecule has 6 nitrogen and oxygen atoms in total. The third-order valence-corrected chi connectivity index (χ3v) is 2.71. The molecule has 0 aromatic heterocycles. The van der Waals surface area contributed by atoms with E-state index >= 15 is 0 Å². The van der Waals surface area contributed by atoms with Gasteiger partial charge in [0.1, 0.15) is 6.10 Å². The molecule has 21 heavy (non-hydrogen) atoms. The maximum atomic E-state index is 12.7. The van der Waals surface area contributed by atoms with Crippen LogP contribution in [0, 0.1) is 0 Å². The fourth-order valence-electron chi connectivity index (χ4n) is 1.44. The van der Waals surface area contributed by atoms with E-state index in [-0.39, 0.29) is 11.3 Å². The van der Waals surface area contributed by atoms with E-state index in [1.807, 2.05) is 0 Å². The average molecular weight is 305 g/mol. The van der Waals surface area contributed by atoms with Crippen molar-refractivity contribution in [3.8, 4) is 0 Å². The smallest absolute Gasteiger partial charge is 0.409 e. The highest BCUT2D eigenvalue weighted by Crippen LogP contribution is 2.31. The van der Waals surface area contributed by atoms with Gasteiger partial charge in [-0.3, -0.25) is 4.79 Å². The molecule has 0 fully saturated rings. The number of ether oxygens (including phenoxy) is 1. The van der Waals surface area contributed by atoms with Crippen LogP contribution in [0.25, 0.3) is 0 Å².